The molecule has 300 valence electrons. The van der Waals surface area contributed by atoms with Crippen molar-refractivity contribution in [1.82, 2.24) is 21.3 Å². The summed E-state index contributed by atoms with van der Waals surface area (Å²) < 4.78 is 21.4. The van der Waals surface area contributed by atoms with E-state index in [1.54, 1.807) is 0 Å². The molecule has 0 saturated carbocycles. The Morgan fingerprint density at radius 2 is 0.667 bits per heavy atom. The van der Waals surface area contributed by atoms with Gasteiger partial charge in [0, 0.05) is 39.0 Å². The van der Waals surface area contributed by atoms with Crippen molar-refractivity contribution in [3.05, 3.63) is 0 Å². The second kappa shape index (κ2) is 40.5. The minimum atomic E-state index is -0.247. The third-order valence-corrected chi connectivity index (χ3v) is 8.36. The Labute approximate surface area is 310 Å². The lowest BCUT2D eigenvalue weighted by Crippen LogP contribution is -2.32. The molecule has 0 atom stereocenters. The van der Waals surface area contributed by atoms with Gasteiger partial charge in [-0.2, -0.15) is 0 Å². The Bertz CT molecular complexity index is 818. The highest BCUT2D eigenvalue weighted by Gasteiger charge is 2.05. The summed E-state index contributed by atoms with van der Waals surface area (Å²) in [7, 11) is 0. The molecule has 51 heavy (non-hydrogen) atoms. The number of hydrogen-bond acceptors (Lipinski definition) is 8. The van der Waals surface area contributed by atoms with Gasteiger partial charge in [-0.3, -0.25) is 19.2 Å². The second-order valence-electron chi connectivity index (χ2n) is 13.2. The van der Waals surface area contributed by atoms with Crippen LogP contribution >= 0.6 is 0 Å². The third kappa shape index (κ3) is 40.4. The molecule has 12 nitrogen and oxygen atoms in total. The van der Waals surface area contributed by atoms with Crippen LogP contribution in [0.25, 0.3) is 0 Å². The number of carbonyl (C=O) groups is 4. The van der Waals surface area contributed by atoms with Crippen LogP contribution in [0.5, 0.6) is 0 Å². The molecule has 0 aliphatic rings. The maximum Gasteiger partial charge on any atom is 0.246 e. The summed E-state index contributed by atoms with van der Waals surface area (Å²) >= 11 is 0. The number of ether oxygens (including phenoxy) is 4. The molecule has 0 heterocycles. The minimum absolute atomic E-state index is 0.0174. The summed E-state index contributed by atoms with van der Waals surface area (Å²) in [4.78, 5) is 47.4. The quantitative estimate of drug-likeness (QED) is 0.0583. The fourth-order valence-electron chi connectivity index (χ4n) is 5.31. The lowest BCUT2D eigenvalue weighted by atomic mass is 10.0. The van der Waals surface area contributed by atoms with E-state index in [-0.39, 0.29) is 43.4 Å². The zero-order valence-corrected chi connectivity index (χ0v) is 32.6. The number of amides is 4. The van der Waals surface area contributed by atoms with Gasteiger partial charge in [-0.25, -0.2) is 0 Å². The van der Waals surface area contributed by atoms with Crippen LogP contribution in [0.4, 0.5) is 0 Å². The predicted octanol–water partition coefficient (Wildman–Crippen LogP) is 5.75. The Balaban J connectivity index is 3.36. The number of carbonyl (C=O) groups excluding carboxylic acids is 4. The number of nitrogens with one attached hydrogen (secondary N) is 4. The Hall–Kier alpha value is -2.28. The van der Waals surface area contributed by atoms with Crippen LogP contribution in [0.15, 0.2) is 0 Å². The molecule has 0 saturated heterocycles. The van der Waals surface area contributed by atoms with E-state index in [9.17, 15) is 19.2 Å². The predicted molar refractivity (Wildman–Crippen MR) is 204 cm³/mol. The number of hydrogen-bond donors (Lipinski definition) is 4. The first-order valence-electron chi connectivity index (χ1n) is 20.4. The molecule has 0 unspecified atom stereocenters. The van der Waals surface area contributed by atoms with Crippen molar-refractivity contribution in [3.8, 4) is 0 Å². The fourth-order valence-corrected chi connectivity index (χ4v) is 5.31. The Kier molecular flexibility index (Phi) is 38.7. The van der Waals surface area contributed by atoms with Crippen molar-refractivity contribution in [3.63, 3.8) is 0 Å². The van der Waals surface area contributed by atoms with E-state index >= 15 is 0 Å². The van der Waals surface area contributed by atoms with Gasteiger partial charge in [0.2, 0.25) is 23.6 Å². The summed E-state index contributed by atoms with van der Waals surface area (Å²) in [5.74, 6) is -0.371. The minimum Gasteiger partial charge on any atom is -0.377 e. The van der Waals surface area contributed by atoms with E-state index in [1.165, 1.54) is 83.5 Å². The number of unbranched alkanes of at least 4 members (excludes halogenated alkanes) is 16. The van der Waals surface area contributed by atoms with E-state index in [2.05, 4.69) is 35.1 Å². The van der Waals surface area contributed by atoms with Crippen LogP contribution in [-0.4, -0.2) is 103 Å². The van der Waals surface area contributed by atoms with E-state index in [0.29, 0.717) is 78.5 Å². The molecule has 0 spiro atoms. The molecule has 0 aliphatic heterocycles. The van der Waals surface area contributed by atoms with Crippen molar-refractivity contribution in [2.45, 2.75) is 149 Å². The molecular formula is C39H76N4O8. The zero-order chi connectivity index (χ0) is 37.3. The average molecular weight is 729 g/mol. The smallest absolute Gasteiger partial charge is 0.246 e. The molecule has 0 bridgehead atoms. The molecule has 0 aliphatic carbocycles. The van der Waals surface area contributed by atoms with Gasteiger partial charge in [0.15, 0.2) is 0 Å². The summed E-state index contributed by atoms with van der Waals surface area (Å²) in [5.41, 5.74) is 0. The Morgan fingerprint density at radius 1 is 0.333 bits per heavy atom. The molecule has 12 heteroatoms. The van der Waals surface area contributed by atoms with Gasteiger partial charge in [0.1, 0.15) is 13.2 Å². The van der Waals surface area contributed by atoms with Crippen LogP contribution in [0.3, 0.4) is 0 Å². The van der Waals surface area contributed by atoms with Gasteiger partial charge in [-0.05, 0) is 19.3 Å². The summed E-state index contributed by atoms with van der Waals surface area (Å²) in [5, 5.41) is 11.2. The molecule has 4 amide bonds. The number of rotatable bonds is 40. The standard InChI is InChI=1S/C39H76N4O8/c1-3-5-7-8-9-10-11-12-13-14-15-16-17-18-19-22-36(44)40-25-21-23-37(45)42-26-28-48-30-33-51-35-39(47)43-27-29-49-31-32-50-34-38(46)41-24-20-6-4-2/h3-35H2,1-2H3,(H,40,44)(H,41,46)(H,42,45)(H,43,47). The van der Waals surface area contributed by atoms with Crippen molar-refractivity contribution in [2.75, 3.05) is 79.0 Å². The van der Waals surface area contributed by atoms with Crippen molar-refractivity contribution >= 4 is 23.6 Å². The van der Waals surface area contributed by atoms with Crippen molar-refractivity contribution in [2.24, 2.45) is 0 Å². The van der Waals surface area contributed by atoms with E-state index in [0.717, 1.165) is 32.1 Å². The Morgan fingerprint density at radius 3 is 1.16 bits per heavy atom. The van der Waals surface area contributed by atoms with Crippen molar-refractivity contribution in [1.29, 1.82) is 0 Å². The largest absolute Gasteiger partial charge is 0.377 e. The zero-order valence-electron chi connectivity index (χ0n) is 32.6. The van der Waals surface area contributed by atoms with E-state index < -0.39 is 0 Å². The third-order valence-electron chi connectivity index (χ3n) is 8.36. The lowest BCUT2D eigenvalue weighted by Gasteiger charge is -2.09. The monoisotopic (exact) mass is 729 g/mol. The molecule has 0 fully saturated rings. The van der Waals surface area contributed by atoms with Crippen LogP contribution < -0.4 is 21.3 Å². The summed E-state index contributed by atoms with van der Waals surface area (Å²) in [6.45, 7) is 8.15. The highest BCUT2D eigenvalue weighted by molar-refractivity contribution is 5.77. The molecule has 0 rings (SSSR count). The average Bonchev–Trinajstić information content (AvgIpc) is 3.12. The molecule has 0 aromatic carbocycles. The van der Waals surface area contributed by atoms with Gasteiger partial charge in [-0.15, -0.1) is 0 Å². The van der Waals surface area contributed by atoms with E-state index in [1.807, 2.05) is 0 Å². The lowest BCUT2D eigenvalue weighted by molar-refractivity contribution is -0.127. The van der Waals surface area contributed by atoms with Gasteiger partial charge >= 0.3 is 0 Å². The van der Waals surface area contributed by atoms with Crippen LogP contribution in [0, 0.1) is 0 Å². The first kappa shape index (κ1) is 48.7. The topological polar surface area (TPSA) is 153 Å². The van der Waals surface area contributed by atoms with Crippen molar-refractivity contribution < 1.29 is 38.1 Å². The maximum atomic E-state index is 12.0. The first-order valence-corrected chi connectivity index (χ1v) is 20.4. The maximum absolute atomic E-state index is 12.0. The molecule has 4 N–H and O–H groups in total. The molecular weight excluding hydrogens is 652 g/mol. The summed E-state index contributed by atoms with van der Waals surface area (Å²) in [6, 6.07) is 0. The van der Waals surface area contributed by atoms with Crippen LogP contribution in [0.1, 0.15) is 149 Å². The molecule has 0 aromatic heterocycles. The highest BCUT2D eigenvalue weighted by Crippen LogP contribution is 2.13. The molecule has 0 aromatic rings. The highest BCUT2D eigenvalue weighted by atomic mass is 16.5. The van der Waals surface area contributed by atoms with Gasteiger partial charge in [-0.1, -0.05) is 117 Å². The fraction of sp³-hybridized carbons (Fsp3) is 0.897. The SMILES string of the molecule is CCCCCCCCCCCCCCCCCC(=O)NCCCC(=O)NCCOCCOCC(=O)NCCOCCOCC(=O)NCCCCC. The van der Waals surface area contributed by atoms with Gasteiger partial charge in [0.05, 0.1) is 39.6 Å². The van der Waals surface area contributed by atoms with E-state index in [4.69, 9.17) is 18.9 Å². The normalized spacial score (nSPS) is 11.0. The first-order chi connectivity index (χ1) is 25.0. The van der Waals surface area contributed by atoms with Crippen LogP contribution in [0.2, 0.25) is 0 Å². The van der Waals surface area contributed by atoms with Gasteiger partial charge < -0.3 is 40.2 Å². The second-order valence-corrected chi connectivity index (χ2v) is 13.2. The van der Waals surface area contributed by atoms with Gasteiger partial charge in [0.25, 0.3) is 0 Å². The summed E-state index contributed by atoms with van der Waals surface area (Å²) in [6.07, 6.45) is 24.3. The molecule has 0 radical (unpaired) electrons. The van der Waals surface area contributed by atoms with Crippen LogP contribution in [-0.2, 0) is 38.1 Å².